The molecule has 0 aliphatic rings. The number of benzene rings is 3. The molecule has 0 radical (unpaired) electrons. The maximum absolute atomic E-state index is 2.25. The second-order valence-corrected chi connectivity index (χ2v) is 6.75. The highest BCUT2D eigenvalue weighted by molar-refractivity contribution is 5.65. The first kappa shape index (κ1) is 17.1. The summed E-state index contributed by atoms with van der Waals surface area (Å²) in [4.78, 5) is 4.40. The zero-order valence-corrected chi connectivity index (χ0v) is 15.5. The molecular formula is C23H26N2. The van der Waals surface area contributed by atoms with E-state index in [4.69, 9.17) is 0 Å². The molecule has 128 valence electrons. The normalized spacial score (nSPS) is 10.8. The summed E-state index contributed by atoms with van der Waals surface area (Å²) < 4.78 is 0. The van der Waals surface area contributed by atoms with Gasteiger partial charge in [-0.05, 0) is 28.8 Å². The molecule has 0 saturated heterocycles. The van der Waals surface area contributed by atoms with Gasteiger partial charge in [0.1, 0.15) is 0 Å². The molecule has 0 saturated carbocycles. The van der Waals surface area contributed by atoms with Crippen molar-refractivity contribution in [3.63, 3.8) is 0 Å². The molecule has 0 bridgehead atoms. The van der Waals surface area contributed by atoms with Crippen molar-refractivity contribution in [1.82, 2.24) is 0 Å². The summed E-state index contributed by atoms with van der Waals surface area (Å²) in [6.07, 6.45) is 0. The van der Waals surface area contributed by atoms with E-state index in [0.29, 0.717) is 0 Å². The predicted molar refractivity (Wildman–Crippen MR) is 109 cm³/mol. The molecule has 0 unspecified atom stereocenters. The van der Waals surface area contributed by atoms with Crippen molar-refractivity contribution < 1.29 is 0 Å². The van der Waals surface area contributed by atoms with Crippen LogP contribution in [0.2, 0.25) is 0 Å². The van der Waals surface area contributed by atoms with E-state index >= 15 is 0 Å². The lowest BCUT2D eigenvalue weighted by Gasteiger charge is -2.28. The topological polar surface area (TPSA) is 6.48 Å². The number of nitrogens with zero attached hydrogens (tertiary/aromatic N) is 2. The van der Waals surface area contributed by atoms with Gasteiger partial charge in [-0.15, -0.1) is 0 Å². The van der Waals surface area contributed by atoms with E-state index in [2.05, 4.69) is 117 Å². The third-order valence-electron chi connectivity index (χ3n) is 4.59. The lowest BCUT2D eigenvalue weighted by Crippen LogP contribution is -2.17. The number of hydrogen-bond donors (Lipinski definition) is 0. The quantitative estimate of drug-likeness (QED) is 0.608. The van der Waals surface area contributed by atoms with Gasteiger partial charge in [0, 0.05) is 45.5 Å². The molecule has 0 fully saturated rings. The van der Waals surface area contributed by atoms with Crippen LogP contribution < -0.4 is 9.80 Å². The summed E-state index contributed by atoms with van der Waals surface area (Å²) in [5, 5.41) is 0. The van der Waals surface area contributed by atoms with Crippen LogP contribution in [-0.4, -0.2) is 28.2 Å². The fourth-order valence-electron chi connectivity index (χ4n) is 3.45. The van der Waals surface area contributed by atoms with Crippen LogP contribution in [0.4, 0.5) is 11.4 Å². The van der Waals surface area contributed by atoms with Crippen molar-refractivity contribution in [3.8, 4) is 0 Å². The number of para-hydroxylation sites is 2. The second-order valence-electron chi connectivity index (χ2n) is 6.75. The third kappa shape index (κ3) is 3.53. The molecule has 0 spiro atoms. The third-order valence-corrected chi connectivity index (χ3v) is 4.59. The number of anilines is 2. The van der Waals surface area contributed by atoms with Crippen LogP contribution in [0.25, 0.3) is 0 Å². The first-order chi connectivity index (χ1) is 12.1. The van der Waals surface area contributed by atoms with Crippen molar-refractivity contribution in [2.24, 2.45) is 0 Å². The molecule has 0 aliphatic heterocycles. The van der Waals surface area contributed by atoms with Gasteiger partial charge in [-0.25, -0.2) is 0 Å². The van der Waals surface area contributed by atoms with Gasteiger partial charge in [-0.2, -0.15) is 0 Å². The molecule has 3 rings (SSSR count). The van der Waals surface area contributed by atoms with Crippen LogP contribution in [-0.2, 0) is 0 Å². The average molecular weight is 330 g/mol. The highest BCUT2D eigenvalue weighted by atomic mass is 15.1. The molecule has 3 aromatic rings. The average Bonchev–Trinajstić information content (AvgIpc) is 2.63. The van der Waals surface area contributed by atoms with Crippen molar-refractivity contribution >= 4 is 11.4 Å². The fraction of sp³-hybridized carbons (Fsp3) is 0.217. The van der Waals surface area contributed by atoms with Gasteiger partial charge < -0.3 is 9.80 Å². The highest BCUT2D eigenvalue weighted by Crippen LogP contribution is 2.40. The summed E-state index contributed by atoms with van der Waals surface area (Å²) in [7, 11) is 8.44. The van der Waals surface area contributed by atoms with E-state index in [1.54, 1.807) is 0 Å². The summed E-state index contributed by atoms with van der Waals surface area (Å²) in [6, 6.07) is 28.2. The van der Waals surface area contributed by atoms with E-state index in [1.807, 2.05) is 0 Å². The maximum Gasteiger partial charge on any atom is 0.0403 e. The number of hydrogen-bond acceptors (Lipinski definition) is 2. The lowest BCUT2D eigenvalue weighted by atomic mass is 9.83. The number of rotatable bonds is 5. The van der Waals surface area contributed by atoms with Crippen molar-refractivity contribution in [2.45, 2.75) is 5.92 Å². The van der Waals surface area contributed by atoms with E-state index in [9.17, 15) is 0 Å². The molecule has 0 amide bonds. The van der Waals surface area contributed by atoms with Crippen LogP contribution in [0.5, 0.6) is 0 Å². The Balaban J connectivity index is 2.27. The minimum atomic E-state index is 0.193. The van der Waals surface area contributed by atoms with Crippen molar-refractivity contribution in [1.29, 1.82) is 0 Å². The van der Waals surface area contributed by atoms with E-state index in [-0.39, 0.29) is 5.92 Å². The Labute approximate surface area is 151 Å². The van der Waals surface area contributed by atoms with Gasteiger partial charge in [0.25, 0.3) is 0 Å². The van der Waals surface area contributed by atoms with Gasteiger partial charge in [0.15, 0.2) is 0 Å². The maximum atomic E-state index is 2.25. The van der Waals surface area contributed by atoms with Gasteiger partial charge in [0.05, 0.1) is 0 Å². The Morgan fingerprint density at radius 3 is 1.36 bits per heavy atom. The summed E-state index contributed by atoms with van der Waals surface area (Å²) in [5.41, 5.74) is 6.47. The summed E-state index contributed by atoms with van der Waals surface area (Å²) in [6.45, 7) is 0. The smallest absolute Gasteiger partial charge is 0.0403 e. The van der Waals surface area contributed by atoms with Crippen molar-refractivity contribution in [2.75, 3.05) is 38.0 Å². The monoisotopic (exact) mass is 330 g/mol. The van der Waals surface area contributed by atoms with Gasteiger partial charge in [0.2, 0.25) is 0 Å². The zero-order valence-electron chi connectivity index (χ0n) is 15.5. The standard InChI is InChI=1S/C23H26N2/c1-24(2)21-16-10-8-14-19(21)23(18-12-6-5-7-13-18)20-15-9-11-17-22(20)25(3)4/h5-17,23H,1-4H3. The molecule has 2 heteroatoms. The molecule has 3 aromatic carbocycles. The van der Waals surface area contributed by atoms with E-state index < -0.39 is 0 Å². The van der Waals surface area contributed by atoms with Crippen LogP contribution in [0.15, 0.2) is 78.9 Å². The van der Waals surface area contributed by atoms with Crippen molar-refractivity contribution in [3.05, 3.63) is 95.6 Å². The van der Waals surface area contributed by atoms with Crippen LogP contribution in [0, 0.1) is 0 Å². The van der Waals surface area contributed by atoms with Crippen LogP contribution >= 0.6 is 0 Å². The zero-order chi connectivity index (χ0) is 17.8. The lowest BCUT2D eigenvalue weighted by molar-refractivity contribution is 0.943. The van der Waals surface area contributed by atoms with Gasteiger partial charge in [-0.1, -0.05) is 66.7 Å². The molecule has 0 aliphatic carbocycles. The van der Waals surface area contributed by atoms with Gasteiger partial charge >= 0.3 is 0 Å². The Bertz CT molecular complexity index is 771. The molecule has 0 heterocycles. The Morgan fingerprint density at radius 2 is 0.920 bits per heavy atom. The summed E-state index contributed by atoms with van der Waals surface area (Å²) in [5.74, 6) is 0.193. The molecule has 0 N–H and O–H groups in total. The molecule has 0 aromatic heterocycles. The Morgan fingerprint density at radius 1 is 0.520 bits per heavy atom. The second kappa shape index (κ2) is 7.43. The minimum Gasteiger partial charge on any atom is -0.377 e. The van der Waals surface area contributed by atoms with Crippen LogP contribution in [0.3, 0.4) is 0 Å². The predicted octanol–water partition coefficient (Wildman–Crippen LogP) is 5.00. The van der Waals surface area contributed by atoms with E-state index in [0.717, 1.165) is 0 Å². The highest BCUT2D eigenvalue weighted by Gasteiger charge is 2.23. The largest absolute Gasteiger partial charge is 0.377 e. The molecule has 2 nitrogen and oxygen atoms in total. The molecule has 25 heavy (non-hydrogen) atoms. The minimum absolute atomic E-state index is 0.193. The molecule has 0 atom stereocenters. The molecular weight excluding hydrogens is 304 g/mol. The first-order valence-electron chi connectivity index (χ1n) is 8.67. The Hall–Kier alpha value is -2.74. The van der Waals surface area contributed by atoms with Gasteiger partial charge in [-0.3, -0.25) is 0 Å². The SMILES string of the molecule is CN(C)c1ccccc1C(c1ccccc1)c1ccccc1N(C)C. The fourth-order valence-corrected chi connectivity index (χ4v) is 3.45. The Kier molecular flexibility index (Phi) is 5.08. The van der Waals surface area contributed by atoms with Crippen LogP contribution in [0.1, 0.15) is 22.6 Å². The first-order valence-corrected chi connectivity index (χ1v) is 8.67. The summed E-state index contributed by atoms with van der Waals surface area (Å²) >= 11 is 0. The van der Waals surface area contributed by atoms with E-state index in [1.165, 1.54) is 28.1 Å².